The fourth-order valence-corrected chi connectivity index (χ4v) is 3.94. The fourth-order valence-electron chi connectivity index (χ4n) is 3.94. The van der Waals surface area contributed by atoms with Crippen molar-refractivity contribution in [3.8, 4) is 5.88 Å². The summed E-state index contributed by atoms with van der Waals surface area (Å²) in [6.45, 7) is 2.49. The Bertz CT molecular complexity index is 534. The first kappa shape index (κ1) is 14.3. The van der Waals surface area contributed by atoms with Gasteiger partial charge in [-0.15, -0.1) is 0 Å². The molecular weight excluding hydrogens is 268 g/mol. The molecular formula is C16H22N2O3. The van der Waals surface area contributed by atoms with Gasteiger partial charge in [0.2, 0.25) is 5.88 Å². The Morgan fingerprint density at radius 3 is 3.10 bits per heavy atom. The Kier molecular flexibility index (Phi) is 3.85. The quantitative estimate of drug-likeness (QED) is 0.792. The fraction of sp³-hybridized carbons (Fsp3) is 0.625. The maximum Gasteiger partial charge on any atom is 0.313 e. The van der Waals surface area contributed by atoms with Crippen molar-refractivity contribution in [2.75, 3.05) is 27.3 Å². The Balaban J connectivity index is 1.73. The van der Waals surface area contributed by atoms with Crippen LogP contribution in [0.15, 0.2) is 18.2 Å². The highest BCUT2D eigenvalue weighted by atomic mass is 16.5. The van der Waals surface area contributed by atoms with Crippen LogP contribution in [0.5, 0.6) is 5.88 Å². The molecule has 2 heterocycles. The molecule has 114 valence electrons. The zero-order chi connectivity index (χ0) is 14.9. The van der Waals surface area contributed by atoms with Crippen LogP contribution in [0.25, 0.3) is 0 Å². The minimum Gasteiger partial charge on any atom is -0.481 e. The standard InChI is InChI=1S/C16H22N2O3/c1-20-14-7-3-6-13(17-14)10-18-9-12-5-4-8-16(12,11-18)15(19)21-2/h3,6-7,12H,4-5,8-11H2,1-2H3. The molecule has 0 radical (unpaired) electrons. The van der Waals surface area contributed by atoms with Crippen molar-refractivity contribution in [1.82, 2.24) is 9.88 Å². The molecule has 3 rings (SSSR count). The number of methoxy groups -OCH3 is 2. The van der Waals surface area contributed by atoms with Gasteiger partial charge in [0.1, 0.15) is 0 Å². The number of ether oxygens (including phenoxy) is 2. The van der Waals surface area contributed by atoms with Crippen molar-refractivity contribution in [1.29, 1.82) is 0 Å². The molecule has 2 atom stereocenters. The van der Waals surface area contributed by atoms with Gasteiger partial charge in [-0.1, -0.05) is 12.5 Å². The number of likely N-dealkylation sites (tertiary alicyclic amines) is 1. The third-order valence-electron chi connectivity index (χ3n) is 4.91. The molecule has 0 spiro atoms. The smallest absolute Gasteiger partial charge is 0.313 e. The van der Waals surface area contributed by atoms with Gasteiger partial charge < -0.3 is 9.47 Å². The Morgan fingerprint density at radius 2 is 2.33 bits per heavy atom. The van der Waals surface area contributed by atoms with Crippen LogP contribution in [-0.4, -0.2) is 43.2 Å². The summed E-state index contributed by atoms with van der Waals surface area (Å²) in [4.78, 5) is 19.0. The molecule has 1 aromatic heterocycles. The molecule has 5 heteroatoms. The monoisotopic (exact) mass is 290 g/mol. The van der Waals surface area contributed by atoms with E-state index in [2.05, 4.69) is 9.88 Å². The number of hydrogen-bond donors (Lipinski definition) is 0. The van der Waals surface area contributed by atoms with Crippen LogP contribution < -0.4 is 4.74 Å². The van der Waals surface area contributed by atoms with Gasteiger partial charge in [0, 0.05) is 25.7 Å². The van der Waals surface area contributed by atoms with Gasteiger partial charge in [-0.25, -0.2) is 4.98 Å². The highest BCUT2D eigenvalue weighted by Gasteiger charge is 2.55. The van der Waals surface area contributed by atoms with Crippen molar-refractivity contribution in [3.05, 3.63) is 23.9 Å². The topological polar surface area (TPSA) is 51.7 Å². The molecule has 1 aliphatic heterocycles. The summed E-state index contributed by atoms with van der Waals surface area (Å²) in [5.41, 5.74) is 0.697. The second kappa shape index (κ2) is 5.64. The molecule has 1 aromatic rings. The molecule has 1 saturated carbocycles. The maximum absolute atomic E-state index is 12.2. The Labute approximate surface area is 125 Å². The van der Waals surface area contributed by atoms with Crippen LogP contribution in [-0.2, 0) is 16.1 Å². The summed E-state index contributed by atoms with van der Waals surface area (Å²) in [5, 5.41) is 0. The molecule has 2 fully saturated rings. The Morgan fingerprint density at radius 1 is 1.48 bits per heavy atom. The second-order valence-electron chi connectivity index (χ2n) is 6.08. The van der Waals surface area contributed by atoms with E-state index in [1.165, 1.54) is 7.11 Å². The van der Waals surface area contributed by atoms with E-state index in [1.807, 2.05) is 18.2 Å². The SMILES string of the molecule is COC(=O)C12CCCC1CN(Cc1cccc(OC)n1)C2. The molecule has 2 aliphatic rings. The number of carbonyl (C=O) groups is 1. The molecule has 0 bridgehead atoms. The van der Waals surface area contributed by atoms with E-state index in [0.29, 0.717) is 11.8 Å². The summed E-state index contributed by atoms with van der Waals surface area (Å²) in [6, 6.07) is 5.80. The molecule has 5 nitrogen and oxygen atoms in total. The number of aromatic nitrogens is 1. The summed E-state index contributed by atoms with van der Waals surface area (Å²) in [5.74, 6) is 1.02. The third kappa shape index (κ3) is 2.50. The first-order valence-electron chi connectivity index (χ1n) is 7.48. The summed E-state index contributed by atoms with van der Waals surface area (Å²) in [7, 11) is 3.12. The lowest BCUT2D eigenvalue weighted by Crippen LogP contribution is -2.36. The average molecular weight is 290 g/mol. The van der Waals surface area contributed by atoms with Gasteiger partial charge >= 0.3 is 5.97 Å². The van der Waals surface area contributed by atoms with Gasteiger partial charge in [0.05, 0.1) is 25.3 Å². The van der Waals surface area contributed by atoms with Crippen LogP contribution >= 0.6 is 0 Å². The van der Waals surface area contributed by atoms with E-state index in [-0.39, 0.29) is 11.4 Å². The summed E-state index contributed by atoms with van der Waals surface area (Å²) in [6.07, 6.45) is 3.20. The molecule has 1 saturated heterocycles. The van der Waals surface area contributed by atoms with Gasteiger partial charge in [-0.2, -0.15) is 0 Å². The van der Waals surface area contributed by atoms with Gasteiger partial charge in [-0.3, -0.25) is 9.69 Å². The molecule has 2 unspecified atom stereocenters. The normalized spacial score (nSPS) is 28.4. The number of hydrogen-bond acceptors (Lipinski definition) is 5. The number of fused-ring (bicyclic) bond motifs is 1. The third-order valence-corrected chi connectivity index (χ3v) is 4.91. The molecule has 21 heavy (non-hydrogen) atoms. The predicted octanol–water partition coefficient (Wildman–Crippen LogP) is 1.87. The summed E-state index contributed by atoms with van der Waals surface area (Å²) < 4.78 is 10.2. The lowest BCUT2D eigenvalue weighted by Gasteiger charge is -2.25. The van der Waals surface area contributed by atoms with Gasteiger partial charge in [0.25, 0.3) is 0 Å². The van der Waals surface area contributed by atoms with E-state index < -0.39 is 0 Å². The van der Waals surface area contributed by atoms with Crippen LogP contribution in [0.2, 0.25) is 0 Å². The maximum atomic E-state index is 12.2. The van der Waals surface area contributed by atoms with Gasteiger partial charge in [-0.05, 0) is 24.8 Å². The number of carbonyl (C=O) groups excluding carboxylic acids is 1. The van der Waals surface area contributed by atoms with Crippen molar-refractivity contribution >= 4 is 5.97 Å². The highest BCUT2D eigenvalue weighted by molar-refractivity contribution is 5.78. The predicted molar refractivity (Wildman–Crippen MR) is 77.9 cm³/mol. The van der Waals surface area contributed by atoms with E-state index in [1.54, 1.807) is 7.11 Å². The van der Waals surface area contributed by atoms with Crippen molar-refractivity contribution < 1.29 is 14.3 Å². The number of esters is 1. The van der Waals surface area contributed by atoms with E-state index in [9.17, 15) is 4.79 Å². The molecule has 0 N–H and O–H groups in total. The number of pyridine rings is 1. The lowest BCUT2D eigenvalue weighted by molar-refractivity contribution is -0.153. The molecule has 0 amide bonds. The van der Waals surface area contributed by atoms with E-state index in [0.717, 1.165) is 44.6 Å². The largest absolute Gasteiger partial charge is 0.481 e. The lowest BCUT2D eigenvalue weighted by atomic mass is 9.81. The minimum absolute atomic E-state index is 0.0360. The number of rotatable bonds is 4. The van der Waals surface area contributed by atoms with Crippen molar-refractivity contribution in [2.45, 2.75) is 25.8 Å². The minimum atomic E-state index is -0.284. The molecule has 1 aliphatic carbocycles. The average Bonchev–Trinajstić information content (AvgIpc) is 3.04. The number of nitrogens with zero attached hydrogens (tertiary/aromatic N) is 2. The van der Waals surface area contributed by atoms with E-state index >= 15 is 0 Å². The van der Waals surface area contributed by atoms with Crippen LogP contribution in [0.3, 0.4) is 0 Å². The van der Waals surface area contributed by atoms with Crippen molar-refractivity contribution in [3.63, 3.8) is 0 Å². The zero-order valence-electron chi connectivity index (χ0n) is 12.7. The second-order valence-corrected chi connectivity index (χ2v) is 6.08. The Hall–Kier alpha value is -1.62. The van der Waals surface area contributed by atoms with Crippen LogP contribution in [0, 0.1) is 11.3 Å². The first-order chi connectivity index (χ1) is 10.2. The van der Waals surface area contributed by atoms with Crippen molar-refractivity contribution in [2.24, 2.45) is 11.3 Å². The van der Waals surface area contributed by atoms with Gasteiger partial charge in [0.15, 0.2) is 0 Å². The van der Waals surface area contributed by atoms with Crippen LogP contribution in [0.1, 0.15) is 25.0 Å². The first-order valence-corrected chi connectivity index (χ1v) is 7.48. The highest BCUT2D eigenvalue weighted by Crippen LogP contribution is 2.49. The summed E-state index contributed by atoms with van der Waals surface area (Å²) >= 11 is 0. The van der Waals surface area contributed by atoms with E-state index in [4.69, 9.17) is 9.47 Å². The zero-order valence-corrected chi connectivity index (χ0v) is 12.7. The molecule has 0 aromatic carbocycles. The van der Waals surface area contributed by atoms with Crippen LogP contribution in [0.4, 0.5) is 0 Å².